The van der Waals surface area contributed by atoms with Crippen LogP contribution in [0.4, 0.5) is 0 Å². The first-order valence-corrected chi connectivity index (χ1v) is 7.18. The van der Waals surface area contributed by atoms with E-state index in [4.69, 9.17) is 10.2 Å². The van der Waals surface area contributed by atoms with Gasteiger partial charge < -0.3 is 10.2 Å². The van der Waals surface area contributed by atoms with Crippen molar-refractivity contribution in [2.45, 2.75) is 12.8 Å². The number of hydrogen-bond acceptors (Lipinski definition) is 7. The largest absolute Gasteiger partial charge is 0.481 e. The van der Waals surface area contributed by atoms with Crippen LogP contribution in [-0.4, -0.2) is 39.9 Å². The molecule has 2 aromatic carbocycles. The molecular formula is C17H12O9. The second-order valence-corrected chi connectivity index (χ2v) is 5.19. The highest BCUT2D eigenvalue weighted by Gasteiger charge is 2.18. The number of Topliss-reactive ketones (excluding diaryl/α,β-unsaturated/α-hetero) is 1. The fourth-order valence-corrected chi connectivity index (χ4v) is 2.06. The number of rotatable bonds is 6. The molecule has 2 aromatic rings. The number of hydrogen-bond donors (Lipinski definition) is 2. The molecule has 0 aromatic heterocycles. The Morgan fingerprint density at radius 1 is 0.769 bits per heavy atom. The molecule has 0 saturated heterocycles. The van der Waals surface area contributed by atoms with E-state index in [0.717, 1.165) is 0 Å². The summed E-state index contributed by atoms with van der Waals surface area (Å²) < 4.78 is 0. The van der Waals surface area contributed by atoms with E-state index in [2.05, 4.69) is 9.78 Å². The molecule has 0 aliphatic rings. The summed E-state index contributed by atoms with van der Waals surface area (Å²) in [5.41, 5.74) is 0.123. The zero-order chi connectivity index (χ0) is 19.3. The normalized spacial score (nSPS) is 10.2. The molecule has 0 radical (unpaired) electrons. The van der Waals surface area contributed by atoms with Gasteiger partial charge in [-0.1, -0.05) is 12.1 Å². The molecule has 0 saturated carbocycles. The fourth-order valence-electron chi connectivity index (χ4n) is 2.06. The Labute approximate surface area is 145 Å². The molecule has 0 amide bonds. The zero-order valence-corrected chi connectivity index (χ0v) is 13.1. The van der Waals surface area contributed by atoms with Crippen LogP contribution in [0.3, 0.4) is 0 Å². The monoisotopic (exact) mass is 360 g/mol. The average molecular weight is 360 g/mol. The van der Waals surface area contributed by atoms with Crippen molar-refractivity contribution in [3.05, 3.63) is 47.5 Å². The lowest BCUT2D eigenvalue weighted by atomic mass is 10.0. The topological polar surface area (TPSA) is 144 Å². The van der Waals surface area contributed by atoms with E-state index in [1.807, 2.05) is 0 Å². The summed E-state index contributed by atoms with van der Waals surface area (Å²) in [7, 11) is 0. The minimum Gasteiger partial charge on any atom is -0.481 e. The molecule has 0 fully saturated rings. The first-order chi connectivity index (χ1) is 12.3. The molecule has 0 bridgehead atoms. The third kappa shape index (κ3) is 4.87. The van der Waals surface area contributed by atoms with Gasteiger partial charge in [0.1, 0.15) is 12.8 Å². The smallest absolute Gasteiger partial charge is 0.386 e. The Morgan fingerprint density at radius 3 is 1.92 bits per heavy atom. The van der Waals surface area contributed by atoms with Crippen molar-refractivity contribution in [1.82, 2.24) is 0 Å². The molecule has 9 nitrogen and oxygen atoms in total. The van der Waals surface area contributed by atoms with Crippen LogP contribution in [0.2, 0.25) is 0 Å². The van der Waals surface area contributed by atoms with E-state index in [9.17, 15) is 24.0 Å². The second-order valence-electron chi connectivity index (χ2n) is 5.19. The van der Waals surface area contributed by atoms with E-state index in [-0.39, 0.29) is 11.1 Å². The molecular weight excluding hydrogens is 348 g/mol. The van der Waals surface area contributed by atoms with Crippen molar-refractivity contribution in [1.29, 1.82) is 0 Å². The highest BCUT2D eigenvalue weighted by Crippen LogP contribution is 2.19. The van der Waals surface area contributed by atoms with Gasteiger partial charge in [-0.05, 0) is 35.0 Å². The molecule has 2 N–H and O–H groups in total. The third-order valence-corrected chi connectivity index (χ3v) is 3.22. The summed E-state index contributed by atoms with van der Waals surface area (Å²) in [5.74, 6) is -5.56. The van der Waals surface area contributed by atoms with Crippen LogP contribution >= 0.6 is 0 Å². The summed E-state index contributed by atoms with van der Waals surface area (Å²) in [4.78, 5) is 64.1. The number of carbonyl (C=O) groups is 5. The molecule has 0 spiro atoms. The van der Waals surface area contributed by atoms with Crippen LogP contribution in [0.5, 0.6) is 0 Å². The minimum absolute atomic E-state index is 0.0326. The molecule has 0 unspecified atom stereocenters. The quantitative estimate of drug-likeness (QED) is 0.445. The number of aromatic carboxylic acids is 1. The Hall–Kier alpha value is -3.75. The number of carboxylic acid groups (broad SMARTS) is 2. The van der Waals surface area contributed by atoms with E-state index < -0.39 is 42.5 Å². The van der Waals surface area contributed by atoms with Crippen molar-refractivity contribution in [3.8, 4) is 0 Å². The van der Waals surface area contributed by atoms with E-state index in [0.29, 0.717) is 10.8 Å². The standard InChI is InChI=1S/C17H12O9/c18-13(7-14(19)20)8-15(21)25-26-17(24)12-4-2-9-5-11(16(22)23)3-1-10(9)6-12/h1-6H,7-8H2,(H,19,20)(H,22,23). The maximum Gasteiger partial charge on any atom is 0.386 e. The predicted octanol–water partition coefficient (Wildman–Crippen LogP) is 1.59. The minimum atomic E-state index is -1.39. The van der Waals surface area contributed by atoms with Gasteiger partial charge in [0.2, 0.25) is 0 Å². The summed E-state index contributed by atoms with van der Waals surface area (Å²) in [6.07, 6.45) is -1.68. The van der Waals surface area contributed by atoms with Gasteiger partial charge in [-0.2, -0.15) is 0 Å². The molecule has 9 heteroatoms. The van der Waals surface area contributed by atoms with Crippen molar-refractivity contribution < 1.29 is 44.0 Å². The van der Waals surface area contributed by atoms with Gasteiger partial charge in [-0.15, -0.1) is 0 Å². The predicted molar refractivity (Wildman–Crippen MR) is 84.3 cm³/mol. The maximum absolute atomic E-state index is 11.9. The van der Waals surface area contributed by atoms with Crippen molar-refractivity contribution >= 4 is 40.4 Å². The average Bonchev–Trinajstić information content (AvgIpc) is 2.57. The van der Waals surface area contributed by atoms with Gasteiger partial charge in [-0.3, -0.25) is 9.59 Å². The first kappa shape index (κ1) is 18.6. The van der Waals surface area contributed by atoms with E-state index >= 15 is 0 Å². The molecule has 26 heavy (non-hydrogen) atoms. The Morgan fingerprint density at radius 2 is 1.35 bits per heavy atom. The number of carboxylic acids is 2. The molecule has 0 aliphatic carbocycles. The lowest BCUT2D eigenvalue weighted by Crippen LogP contribution is -2.16. The van der Waals surface area contributed by atoms with Crippen LogP contribution in [-0.2, 0) is 24.2 Å². The maximum atomic E-state index is 11.9. The number of ketones is 1. The van der Waals surface area contributed by atoms with Gasteiger partial charge in [0, 0.05) is 0 Å². The SMILES string of the molecule is O=C(O)CC(=O)CC(=O)OOC(=O)c1ccc2cc(C(=O)O)ccc2c1. The lowest BCUT2D eigenvalue weighted by molar-refractivity contribution is -0.233. The van der Waals surface area contributed by atoms with Crippen molar-refractivity contribution in [2.24, 2.45) is 0 Å². The molecule has 0 aliphatic heterocycles. The summed E-state index contributed by atoms with van der Waals surface area (Å²) in [6.45, 7) is 0. The molecule has 0 heterocycles. The van der Waals surface area contributed by atoms with Gasteiger partial charge in [0.05, 0.1) is 11.1 Å². The van der Waals surface area contributed by atoms with Crippen LogP contribution < -0.4 is 0 Å². The summed E-state index contributed by atoms with van der Waals surface area (Å²) in [6, 6.07) is 8.56. The van der Waals surface area contributed by atoms with Gasteiger partial charge in [0.25, 0.3) is 0 Å². The molecule has 2 rings (SSSR count). The van der Waals surface area contributed by atoms with Gasteiger partial charge in [-0.25, -0.2) is 24.2 Å². The van der Waals surface area contributed by atoms with Crippen molar-refractivity contribution in [3.63, 3.8) is 0 Å². The highest BCUT2D eigenvalue weighted by molar-refractivity contribution is 6.03. The Balaban J connectivity index is 2.00. The number of fused-ring (bicyclic) bond motifs is 1. The lowest BCUT2D eigenvalue weighted by Gasteiger charge is -2.05. The van der Waals surface area contributed by atoms with Crippen LogP contribution in [0.1, 0.15) is 33.6 Å². The van der Waals surface area contributed by atoms with Crippen molar-refractivity contribution in [2.75, 3.05) is 0 Å². The van der Waals surface area contributed by atoms with Gasteiger partial charge in [0.15, 0.2) is 5.78 Å². The highest BCUT2D eigenvalue weighted by atomic mass is 17.2. The van der Waals surface area contributed by atoms with Crippen LogP contribution in [0.15, 0.2) is 36.4 Å². The summed E-state index contributed by atoms with van der Waals surface area (Å²) >= 11 is 0. The van der Waals surface area contributed by atoms with Crippen LogP contribution in [0, 0.1) is 0 Å². The number of carbonyl (C=O) groups excluding carboxylic acids is 3. The number of aliphatic carboxylic acids is 1. The zero-order valence-electron chi connectivity index (χ0n) is 13.1. The van der Waals surface area contributed by atoms with E-state index in [1.165, 1.54) is 36.4 Å². The molecule has 0 atom stereocenters. The van der Waals surface area contributed by atoms with Crippen LogP contribution in [0.25, 0.3) is 10.8 Å². The summed E-state index contributed by atoms with van der Waals surface area (Å²) in [5, 5.41) is 18.5. The first-order valence-electron chi connectivity index (χ1n) is 7.18. The van der Waals surface area contributed by atoms with Gasteiger partial charge >= 0.3 is 23.9 Å². The Kier molecular flexibility index (Phi) is 5.63. The third-order valence-electron chi connectivity index (χ3n) is 3.22. The number of benzene rings is 2. The molecule has 134 valence electrons. The Bertz CT molecular complexity index is 914. The fraction of sp³-hybridized carbons (Fsp3) is 0.118. The second kappa shape index (κ2) is 7.88. The van der Waals surface area contributed by atoms with E-state index in [1.54, 1.807) is 0 Å².